The molecule has 74 heavy (non-hydrogen) atoms. The first-order valence-electron chi connectivity index (χ1n) is 26.8. The van der Waals surface area contributed by atoms with Crippen LogP contribution in [0.2, 0.25) is 0 Å². The molecule has 3 heterocycles. The molecular formula is C67H62N2O5. The summed E-state index contributed by atoms with van der Waals surface area (Å²) >= 11 is 0. The molecule has 370 valence electrons. The number of hydrogen-bond donors (Lipinski definition) is 1. The zero-order valence-corrected chi connectivity index (χ0v) is 42.1. The number of nitrogens with one attached hydrogen (secondary N) is 1. The van der Waals surface area contributed by atoms with Crippen LogP contribution in [-0.2, 0) is 15.9 Å². The lowest BCUT2D eigenvalue weighted by molar-refractivity contribution is 0.0734. The minimum Gasteiger partial charge on any atom is -0.472 e. The first-order valence-corrected chi connectivity index (χ1v) is 26.8. The van der Waals surface area contributed by atoms with Crippen molar-refractivity contribution in [3.8, 4) is 22.6 Å². The minimum absolute atomic E-state index is 0.166. The Hall–Kier alpha value is -7.74. The van der Waals surface area contributed by atoms with Gasteiger partial charge in [-0.3, -0.25) is 4.79 Å². The number of ether oxygens (including phenoxy) is 3. The van der Waals surface area contributed by atoms with Crippen LogP contribution in [0, 0.1) is 5.92 Å². The predicted octanol–water partition coefficient (Wildman–Crippen LogP) is 14.8. The number of fused-ring (bicyclic) bond motifs is 6. The second-order valence-corrected chi connectivity index (χ2v) is 20.6. The van der Waals surface area contributed by atoms with Gasteiger partial charge in [0.2, 0.25) is 0 Å². The van der Waals surface area contributed by atoms with E-state index in [0.29, 0.717) is 41.8 Å². The maximum Gasteiger partial charge on any atom is 0.343 e. The van der Waals surface area contributed by atoms with Crippen LogP contribution in [0.15, 0.2) is 188 Å². The molecule has 4 aliphatic rings. The molecule has 1 N–H and O–H groups in total. The summed E-state index contributed by atoms with van der Waals surface area (Å²) in [7, 11) is 0. The fraction of sp³-hybridized carbons (Fsp3) is 0.254. The van der Waals surface area contributed by atoms with Gasteiger partial charge in [-0.1, -0.05) is 172 Å². The summed E-state index contributed by atoms with van der Waals surface area (Å²) in [4.78, 5) is 31.1. The third kappa shape index (κ3) is 8.67. The van der Waals surface area contributed by atoms with E-state index in [4.69, 9.17) is 14.2 Å². The fourth-order valence-electron chi connectivity index (χ4n) is 12.4. The van der Waals surface area contributed by atoms with Crippen molar-refractivity contribution in [3.63, 3.8) is 0 Å². The molecule has 1 atom stereocenters. The van der Waals surface area contributed by atoms with Gasteiger partial charge in [0.15, 0.2) is 5.60 Å². The molecule has 3 aliphatic heterocycles. The van der Waals surface area contributed by atoms with Gasteiger partial charge in [-0.25, -0.2) is 4.79 Å². The minimum atomic E-state index is -1.04. The molecule has 0 radical (unpaired) electrons. The van der Waals surface area contributed by atoms with E-state index < -0.39 is 17.1 Å². The summed E-state index contributed by atoms with van der Waals surface area (Å²) in [6.45, 7) is 5.37. The molecule has 12 rings (SSSR count). The Morgan fingerprint density at radius 1 is 0.662 bits per heavy atom. The number of esters is 1. The molecule has 0 aromatic heterocycles. The standard InChI is InChI=1S/C67H62N2O5/c1-2-3-7-14-46-21-23-47(24-22-46)48-29-36-57(37-30-48)73-65(71)50-27-25-49(26-28-50)51-31-38-58-60(45-51)61-62(67(68-64(61)70,54-17-10-5-11-18-54)55-19-12-6-13-20-55)59-39-40-66(74-63(58)59,52-15-8-4-9-16-52)53-32-34-56(35-33-53)69-41-43-72-44-42-69/h4-6,8-13,15-20,25-40,45-47H,2-3,7,14,21-24,41-44H2,1H3,(H,68,70). The first-order chi connectivity index (χ1) is 36.4. The SMILES string of the molecule is CCCCCC1CCC(c2ccc(OC(=O)c3ccc(-c4ccc5c6c(c7c(c5c4)C(=O)NC7(c4ccccc4)c4ccccc4)C=CC(c4ccccc4)(c4ccc(N5CCOCC5)cc4)O6)cc3)cc2)CC1. The van der Waals surface area contributed by atoms with E-state index in [1.165, 1.54) is 56.9 Å². The quantitative estimate of drug-likeness (QED) is 0.0705. The number of nitrogens with zero attached hydrogens (tertiary/aromatic N) is 1. The molecular weight excluding hydrogens is 913 g/mol. The lowest BCUT2D eigenvalue weighted by Crippen LogP contribution is -2.42. The van der Waals surface area contributed by atoms with Crippen LogP contribution in [0.1, 0.15) is 124 Å². The van der Waals surface area contributed by atoms with Gasteiger partial charge in [0.05, 0.1) is 24.3 Å². The van der Waals surface area contributed by atoms with Crippen LogP contribution in [0.4, 0.5) is 5.69 Å². The van der Waals surface area contributed by atoms with Crippen LogP contribution < -0.4 is 19.7 Å². The van der Waals surface area contributed by atoms with E-state index in [1.807, 2.05) is 78.9 Å². The van der Waals surface area contributed by atoms with Gasteiger partial charge >= 0.3 is 5.97 Å². The van der Waals surface area contributed by atoms with E-state index in [0.717, 1.165) is 80.0 Å². The van der Waals surface area contributed by atoms with Crippen LogP contribution >= 0.6 is 0 Å². The zero-order chi connectivity index (χ0) is 50.1. The fourth-order valence-corrected chi connectivity index (χ4v) is 12.4. The van der Waals surface area contributed by atoms with Crippen LogP contribution in [-0.4, -0.2) is 38.2 Å². The number of benzene rings is 8. The molecule has 0 spiro atoms. The third-order valence-electron chi connectivity index (χ3n) is 16.3. The highest BCUT2D eigenvalue weighted by Gasteiger charge is 2.51. The molecule has 0 bridgehead atoms. The monoisotopic (exact) mass is 974 g/mol. The Labute approximate surface area is 434 Å². The van der Waals surface area contributed by atoms with Gasteiger partial charge < -0.3 is 24.4 Å². The topological polar surface area (TPSA) is 77.1 Å². The average Bonchev–Trinajstić information content (AvgIpc) is 3.82. The highest BCUT2D eigenvalue weighted by Crippen LogP contribution is 2.55. The van der Waals surface area contributed by atoms with Crippen molar-refractivity contribution < 1.29 is 23.8 Å². The predicted molar refractivity (Wildman–Crippen MR) is 296 cm³/mol. The maximum absolute atomic E-state index is 15.1. The summed E-state index contributed by atoms with van der Waals surface area (Å²) in [6, 6.07) is 61.6. The van der Waals surface area contributed by atoms with Gasteiger partial charge in [0.1, 0.15) is 17.0 Å². The summed E-state index contributed by atoms with van der Waals surface area (Å²) in [5.74, 6) is 2.10. The highest BCUT2D eigenvalue weighted by atomic mass is 16.5. The number of carbonyl (C=O) groups excluding carboxylic acids is 2. The second kappa shape index (κ2) is 20.3. The van der Waals surface area contributed by atoms with E-state index in [1.54, 1.807) is 0 Å². The molecule has 7 heteroatoms. The number of anilines is 1. The van der Waals surface area contributed by atoms with Gasteiger partial charge in [-0.05, 0) is 125 Å². The van der Waals surface area contributed by atoms with Crippen molar-refractivity contribution in [2.24, 2.45) is 5.92 Å². The maximum atomic E-state index is 15.1. The van der Waals surface area contributed by atoms with Crippen molar-refractivity contribution in [1.82, 2.24) is 5.32 Å². The van der Waals surface area contributed by atoms with Gasteiger partial charge in [0, 0.05) is 46.4 Å². The van der Waals surface area contributed by atoms with Gasteiger partial charge in [-0.15, -0.1) is 0 Å². The summed E-state index contributed by atoms with van der Waals surface area (Å²) < 4.78 is 19.3. The van der Waals surface area contributed by atoms with E-state index in [-0.39, 0.29) is 5.91 Å². The Bertz CT molecular complexity index is 3280. The highest BCUT2D eigenvalue weighted by molar-refractivity contribution is 6.16. The van der Waals surface area contributed by atoms with Crippen molar-refractivity contribution in [3.05, 3.63) is 238 Å². The molecule has 8 aromatic rings. The number of hydrogen-bond acceptors (Lipinski definition) is 6. The Kier molecular flexibility index (Phi) is 13.0. The smallest absolute Gasteiger partial charge is 0.343 e. The third-order valence-corrected chi connectivity index (χ3v) is 16.3. The number of unbranched alkanes of at least 4 members (excludes halogenated alkanes) is 2. The van der Waals surface area contributed by atoms with E-state index >= 15 is 4.79 Å². The largest absolute Gasteiger partial charge is 0.472 e. The lowest BCUT2D eigenvalue weighted by Gasteiger charge is -2.39. The Balaban J connectivity index is 0.914. The van der Waals surface area contributed by atoms with Crippen molar-refractivity contribution >= 4 is 34.4 Å². The molecule has 1 saturated heterocycles. The molecule has 7 nitrogen and oxygen atoms in total. The number of rotatable bonds is 13. The molecule has 1 amide bonds. The Morgan fingerprint density at radius 3 is 1.93 bits per heavy atom. The number of amides is 1. The zero-order valence-electron chi connectivity index (χ0n) is 42.1. The summed E-state index contributed by atoms with van der Waals surface area (Å²) in [5.41, 5.74) is 8.83. The van der Waals surface area contributed by atoms with Crippen molar-refractivity contribution in [1.29, 1.82) is 0 Å². The molecule has 1 aliphatic carbocycles. The molecule has 8 aromatic carbocycles. The lowest BCUT2D eigenvalue weighted by atomic mass is 9.73. The normalized spacial score (nSPS) is 19.8. The van der Waals surface area contributed by atoms with Crippen LogP contribution in [0.25, 0.3) is 28.0 Å². The average molecular weight is 975 g/mol. The summed E-state index contributed by atoms with van der Waals surface area (Å²) in [6.07, 6.45) is 14.7. The second-order valence-electron chi connectivity index (χ2n) is 20.6. The summed E-state index contributed by atoms with van der Waals surface area (Å²) in [5, 5.41) is 5.16. The van der Waals surface area contributed by atoms with Gasteiger partial charge in [0.25, 0.3) is 5.91 Å². The van der Waals surface area contributed by atoms with Gasteiger partial charge in [-0.2, -0.15) is 0 Å². The number of morpholine rings is 1. The van der Waals surface area contributed by atoms with Crippen LogP contribution in [0.3, 0.4) is 0 Å². The first kappa shape index (κ1) is 47.3. The van der Waals surface area contributed by atoms with Crippen LogP contribution in [0.5, 0.6) is 11.5 Å². The molecule has 2 fully saturated rings. The molecule has 1 saturated carbocycles. The van der Waals surface area contributed by atoms with Crippen molar-refractivity contribution in [2.75, 3.05) is 31.2 Å². The van der Waals surface area contributed by atoms with Crippen molar-refractivity contribution in [2.45, 2.75) is 75.3 Å². The molecule has 1 unspecified atom stereocenters. The van der Waals surface area contributed by atoms with E-state index in [9.17, 15) is 4.79 Å². The Morgan fingerprint density at radius 2 is 1.28 bits per heavy atom. The van der Waals surface area contributed by atoms with E-state index in [2.05, 4.69) is 132 Å². The number of carbonyl (C=O) groups is 2.